The van der Waals surface area contributed by atoms with E-state index in [0.717, 1.165) is 31.5 Å². The fraction of sp³-hybridized carbons (Fsp3) is 0.667. The van der Waals surface area contributed by atoms with Gasteiger partial charge in [0, 0.05) is 25.7 Å². The van der Waals surface area contributed by atoms with Crippen LogP contribution in [0.3, 0.4) is 0 Å². The summed E-state index contributed by atoms with van der Waals surface area (Å²) in [4.78, 5) is 8.46. The molecule has 2 aromatic rings. The first-order valence-electron chi connectivity index (χ1n) is 8.41. The van der Waals surface area contributed by atoms with Crippen molar-refractivity contribution in [1.29, 1.82) is 0 Å². The van der Waals surface area contributed by atoms with Crippen LogP contribution in [0.5, 0.6) is 0 Å². The van der Waals surface area contributed by atoms with E-state index in [1.54, 1.807) is 18.5 Å². The Morgan fingerprint density at radius 1 is 1.28 bits per heavy atom. The van der Waals surface area contributed by atoms with Crippen LogP contribution in [0, 0.1) is 6.92 Å². The number of rotatable bonds is 6. The Kier molecular flexibility index (Phi) is 4.13. The van der Waals surface area contributed by atoms with Crippen LogP contribution in [0.4, 0.5) is 0 Å². The highest BCUT2D eigenvalue weighted by molar-refractivity contribution is 7.89. The quantitative estimate of drug-likeness (QED) is 0.816. The Hall–Kier alpha value is -1.78. The molecule has 1 saturated carbocycles. The third kappa shape index (κ3) is 3.46. The van der Waals surface area contributed by atoms with E-state index in [1.807, 2.05) is 0 Å². The van der Waals surface area contributed by atoms with E-state index in [2.05, 4.69) is 19.8 Å². The molecular formula is C15H21N5O4S. The van der Waals surface area contributed by atoms with Gasteiger partial charge in [0.15, 0.2) is 10.9 Å². The Bertz CT molecular complexity index is 851. The molecular weight excluding hydrogens is 346 g/mol. The van der Waals surface area contributed by atoms with Gasteiger partial charge in [0.2, 0.25) is 0 Å². The third-order valence-electron chi connectivity index (χ3n) is 4.65. The predicted molar refractivity (Wildman–Crippen MR) is 86.3 cm³/mol. The van der Waals surface area contributed by atoms with Crippen LogP contribution in [0.25, 0.3) is 0 Å². The summed E-state index contributed by atoms with van der Waals surface area (Å²) in [7, 11) is -1.89. The van der Waals surface area contributed by atoms with Crippen LogP contribution in [0.1, 0.15) is 55.2 Å². The van der Waals surface area contributed by atoms with Crippen molar-refractivity contribution in [3.05, 3.63) is 23.7 Å². The molecule has 1 aliphatic heterocycles. The lowest BCUT2D eigenvalue weighted by molar-refractivity contribution is 0.0290. The summed E-state index contributed by atoms with van der Waals surface area (Å²) in [5.41, 5.74) is 0. The summed E-state index contributed by atoms with van der Waals surface area (Å²) in [5.74, 6) is 2.32. The Morgan fingerprint density at radius 3 is 2.76 bits per heavy atom. The van der Waals surface area contributed by atoms with Gasteiger partial charge in [-0.1, -0.05) is 5.16 Å². The molecule has 2 aromatic heterocycles. The fourth-order valence-electron chi connectivity index (χ4n) is 2.86. The SMILES string of the molecule is Cc1nc(S(=O)(=O)NC[C@H]2CC[C@@H](c3nc(C4CC4)no3)O2)cn1C. The van der Waals surface area contributed by atoms with Crippen molar-refractivity contribution in [2.45, 2.75) is 55.8 Å². The van der Waals surface area contributed by atoms with Crippen molar-refractivity contribution < 1.29 is 17.7 Å². The summed E-state index contributed by atoms with van der Waals surface area (Å²) >= 11 is 0. The van der Waals surface area contributed by atoms with Gasteiger partial charge in [0.25, 0.3) is 15.9 Å². The van der Waals surface area contributed by atoms with Crippen molar-refractivity contribution in [2.24, 2.45) is 7.05 Å². The van der Waals surface area contributed by atoms with Crippen LogP contribution >= 0.6 is 0 Å². The molecule has 10 heteroatoms. The second-order valence-electron chi connectivity index (χ2n) is 6.68. The van der Waals surface area contributed by atoms with Crippen LogP contribution in [-0.4, -0.2) is 40.8 Å². The molecule has 0 bridgehead atoms. The largest absolute Gasteiger partial charge is 0.364 e. The average Bonchev–Trinajstić information content (AvgIpc) is 2.98. The van der Waals surface area contributed by atoms with E-state index in [1.165, 1.54) is 6.20 Å². The van der Waals surface area contributed by atoms with E-state index < -0.39 is 10.0 Å². The standard InChI is InChI=1S/C15H21N5O4S/c1-9-17-13(8-20(9)2)25(21,22)16-7-11-5-6-12(23-11)15-18-14(19-24-15)10-3-4-10/h8,10-12,16H,3-7H2,1-2H3/t11-,12+/m1/s1. The van der Waals surface area contributed by atoms with Gasteiger partial charge >= 0.3 is 0 Å². The Balaban J connectivity index is 1.34. The molecule has 4 rings (SSSR count). The molecule has 25 heavy (non-hydrogen) atoms. The van der Waals surface area contributed by atoms with Crippen LogP contribution < -0.4 is 4.72 Å². The lowest BCUT2D eigenvalue weighted by Gasteiger charge is -2.12. The number of imidazole rings is 1. The molecule has 0 radical (unpaired) electrons. The molecule has 2 atom stereocenters. The van der Waals surface area contributed by atoms with Gasteiger partial charge in [0.1, 0.15) is 11.9 Å². The summed E-state index contributed by atoms with van der Waals surface area (Å²) in [5, 5.41) is 4.02. The first-order valence-corrected chi connectivity index (χ1v) is 9.89. The first-order chi connectivity index (χ1) is 11.9. The van der Waals surface area contributed by atoms with Gasteiger partial charge in [-0.25, -0.2) is 18.1 Å². The van der Waals surface area contributed by atoms with E-state index in [4.69, 9.17) is 9.26 Å². The molecule has 0 unspecified atom stereocenters. The van der Waals surface area contributed by atoms with Crippen molar-refractivity contribution in [3.63, 3.8) is 0 Å². The number of hydrogen-bond donors (Lipinski definition) is 1. The molecule has 136 valence electrons. The smallest absolute Gasteiger partial charge is 0.259 e. The van der Waals surface area contributed by atoms with Crippen molar-refractivity contribution >= 4 is 10.0 Å². The van der Waals surface area contributed by atoms with Gasteiger partial charge in [-0.3, -0.25) is 0 Å². The lowest BCUT2D eigenvalue weighted by Crippen LogP contribution is -2.32. The van der Waals surface area contributed by atoms with Crippen molar-refractivity contribution in [3.8, 4) is 0 Å². The minimum Gasteiger partial charge on any atom is -0.364 e. The summed E-state index contributed by atoms with van der Waals surface area (Å²) in [6.45, 7) is 1.95. The predicted octanol–water partition coefficient (Wildman–Crippen LogP) is 1.19. The Morgan fingerprint density at radius 2 is 2.08 bits per heavy atom. The maximum absolute atomic E-state index is 12.3. The van der Waals surface area contributed by atoms with Gasteiger partial charge < -0.3 is 13.8 Å². The summed E-state index contributed by atoms with van der Waals surface area (Å²) in [6, 6.07) is 0. The number of ether oxygens (including phenoxy) is 1. The molecule has 1 N–H and O–H groups in total. The first kappa shape index (κ1) is 16.7. The highest BCUT2D eigenvalue weighted by Gasteiger charge is 2.34. The van der Waals surface area contributed by atoms with Crippen molar-refractivity contribution in [2.75, 3.05) is 6.54 Å². The van der Waals surface area contributed by atoms with E-state index >= 15 is 0 Å². The lowest BCUT2D eigenvalue weighted by atomic mass is 10.2. The van der Waals surface area contributed by atoms with Gasteiger partial charge in [0.05, 0.1) is 6.10 Å². The minimum absolute atomic E-state index is 0.0213. The number of sulfonamides is 1. The zero-order valence-corrected chi connectivity index (χ0v) is 15.0. The van der Waals surface area contributed by atoms with E-state index in [0.29, 0.717) is 17.6 Å². The van der Waals surface area contributed by atoms with Crippen LogP contribution in [-0.2, 0) is 21.8 Å². The highest BCUT2D eigenvalue weighted by Crippen LogP contribution is 2.39. The topological polar surface area (TPSA) is 112 Å². The van der Waals surface area contributed by atoms with E-state index in [9.17, 15) is 8.42 Å². The number of aromatic nitrogens is 4. The average molecular weight is 367 g/mol. The van der Waals surface area contributed by atoms with Gasteiger partial charge in [-0.2, -0.15) is 4.98 Å². The van der Waals surface area contributed by atoms with Gasteiger partial charge in [-0.15, -0.1) is 0 Å². The molecule has 9 nitrogen and oxygen atoms in total. The summed E-state index contributed by atoms with van der Waals surface area (Å²) < 4.78 is 40.0. The second-order valence-corrected chi connectivity index (χ2v) is 8.39. The highest BCUT2D eigenvalue weighted by atomic mass is 32.2. The Labute approximate surface area is 145 Å². The normalized spacial score (nSPS) is 24.1. The minimum atomic E-state index is -3.64. The molecule has 0 spiro atoms. The number of nitrogens with one attached hydrogen (secondary N) is 1. The maximum atomic E-state index is 12.3. The molecule has 0 amide bonds. The number of aryl methyl sites for hydroxylation is 2. The zero-order valence-electron chi connectivity index (χ0n) is 14.2. The molecule has 1 saturated heterocycles. The van der Waals surface area contributed by atoms with E-state index in [-0.39, 0.29) is 23.8 Å². The van der Waals surface area contributed by atoms with Crippen molar-refractivity contribution in [1.82, 2.24) is 24.4 Å². The molecule has 1 aliphatic carbocycles. The van der Waals surface area contributed by atoms with Gasteiger partial charge in [-0.05, 0) is 32.6 Å². The third-order valence-corrected chi connectivity index (χ3v) is 5.94. The summed E-state index contributed by atoms with van der Waals surface area (Å²) in [6.07, 6.45) is 4.71. The monoisotopic (exact) mass is 367 g/mol. The number of nitrogens with zero attached hydrogens (tertiary/aromatic N) is 4. The molecule has 0 aromatic carbocycles. The maximum Gasteiger partial charge on any atom is 0.259 e. The fourth-order valence-corrected chi connectivity index (χ4v) is 3.96. The van der Waals surface area contributed by atoms with Crippen LogP contribution in [0.2, 0.25) is 0 Å². The molecule has 2 fully saturated rings. The molecule has 3 heterocycles. The second kappa shape index (κ2) is 6.19. The van der Waals surface area contributed by atoms with Crippen LogP contribution in [0.15, 0.2) is 15.7 Å². The number of hydrogen-bond acceptors (Lipinski definition) is 7. The molecule has 2 aliphatic rings. The zero-order chi connectivity index (χ0) is 17.6.